The van der Waals surface area contributed by atoms with Crippen LogP contribution in [0.2, 0.25) is 0 Å². The van der Waals surface area contributed by atoms with Crippen molar-refractivity contribution < 1.29 is 4.79 Å². The van der Waals surface area contributed by atoms with E-state index in [2.05, 4.69) is 18.3 Å². The summed E-state index contributed by atoms with van der Waals surface area (Å²) in [7, 11) is 0. The second kappa shape index (κ2) is 5.02. The van der Waals surface area contributed by atoms with Crippen molar-refractivity contribution in [2.45, 2.75) is 38.6 Å². The highest BCUT2D eigenvalue weighted by Crippen LogP contribution is 2.30. The first kappa shape index (κ1) is 12.2. The zero-order chi connectivity index (χ0) is 12.5. The Hall–Kier alpha value is -0.870. The Kier molecular flexibility index (Phi) is 3.39. The topological polar surface area (TPSA) is 32.3 Å². The summed E-state index contributed by atoms with van der Waals surface area (Å²) in [5.74, 6) is 0.239. The lowest BCUT2D eigenvalue weighted by atomic mass is 9.99. The van der Waals surface area contributed by atoms with Crippen LogP contribution in [0, 0.1) is 0 Å². The number of amides is 1. The fourth-order valence-corrected chi connectivity index (χ4v) is 4.09. The van der Waals surface area contributed by atoms with Crippen molar-refractivity contribution in [3.05, 3.63) is 21.4 Å². The zero-order valence-electron chi connectivity index (χ0n) is 10.9. The molecule has 1 N–H and O–H groups in total. The zero-order valence-corrected chi connectivity index (χ0v) is 11.7. The van der Waals surface area contributed by atoms with Crippen molar-refractivity contribution in [3.63, 3.8) is 0 Å². The van der Waals surface area contributed by atoms with Crippen LogP contribution in [0.15, 0.2) is 6.07 Å². The van der Waals surface area contributed by atoms with Gasteiger partial charge in [0.05, 0.1) is 4.88 Å². The van der Waals surface area contributed by atoms with Crippen molar-refractivity contribution in [1.29, 1.82) is 0 Å². The van der Waals surface area contributed by atoms with Crippen LogP contribution in [0.1, 0.15) is 39.9 Å². The van der Waals surface area contributed by atoms with Gasteiger partial charge in [-0.15, -0.1) is 11.3 Å². The number of fused-ring (bicyclic) bond motifs is 1. The van der Waals surface area contributed by atoms with Gasteiger partial charge in [0.1, 0.15) is 0 Å². The monoisotopic (exact) mass is 264 g/mol. The molecular weight excluding hydrogens is 244 g/mol. The summed E-state index contributed by atoms with van der Waals surface area (Å²) in [6.07, 6.45) is 4.90. The molecule has 1 amide bonds. The van der Waals surface area contributed by atoms with E-state index in [9.17, 15) is 4.79 Å². The van der Waals surface area contributed by atoms with E-state index in [1.807, 2.05) is 4.90 Å². The predicted molar refractivity (Wildman–Crippen MR) is 74.3 cm³/mol. The van der Waals surface area contributed by atoms with E-state index in [4.69, 9.17) is 0 Å². The van der Waals surface area contributed by atoms with Gasteiger partial charge in [-0.3, -0.25) is 4.79 Å². The van der Waals surface area contributed by atoms with Crippen LogP contribution in [0.4, 0.5) is 0 Å². The minimum Gasteiger partial charge on any atom is -0.333 e. The lowest BCUT2D eigenvalue weighted by Crippen LogP contribution is -2.52. The molecule has 3 nitrogen and oxygen atoms in total. The molecule has 0 aromatic carbocycles. The van der Waals surface area contributed by atoms with Gasteiger partial charge in [0, 0.05) is 30.6 Å². The smallest absolute Gasteiger partial charge is 0.264 e. The van der Waals surface area contributed by atoms with Crippen LogP contribution in [0.5, 0.6) is 0 Å². The molecule has 2 heterocycles. The van der Waals surface area contributed by atoms with Crippen molar-refractivity contribution in [2.24, 2.45) is 0 Å². The third-order valence-corrected chi connectivity index (χ3v) is 5.19. The number of hydrogen-bond acceptors (Lipinski definition) is 3. The van der Waals surface area contributed by atoms with Crippen LogP contribution in [0.25, 0.3) is 0 Å². The molecule has 1 aliphatic heterocycles. The van der Waals surface area contributed by atoms with E-state index in [1.165, 1.54) is 29.7 Å². The molecule has 1 aliphatic carbocycles. The number of piperazine rings is 1. The van der Waals surface area contributed by atoms with Gasteiger partial charge in [0.25, 0.3) is 5.91 Å². The predicted octanol–water partition coefficient (Wildman–Crippen LogP) is 2.06. The van der Waals surface area contributed by atoms with Gasteiger partial charge in [0.2, 0.25) is 0 Å². The van der Waals surface area contributed by atoms with E-state index in [0.29, 0.717) is 6.04 Å². The van der Waals surface area contributed by atoms with Crippen LogP contribution < -0.4 is 5.32 Å². The third kappa shape index (κ3) is 2.19. The number of hydrogen-bond donors (Lipinski definition) is 1. The minimum absolute atomic E-state index is 0.239. The van der Waals surface area contributed by atoms with Crippen molar-refractivity contribution in [2.75, 3.05) is 19.6 Å². The first-order valence-corrected chi connectivity index (χ1v) is 7.70. The summed E-state index contributed by atoms with van der Waals surface area (Å²) >= 11 is 1.73. The van der Waals surface area contributed by atoms with Gasteiger partial charge in [-0.05, 0) is 44.2 Å². The van der Waals surface area contributed by atoms with Crippen molar-refractivity contribution in [3.8, 4) is 0 Å². The van der Waals surface area contributed by atoms with Gasteiger partial charge in [-0.25, -0.2) is 0 Å². The van der Waals surface area contributed by atoms with Gasteiger partial charge in [-0.2, -0.15) is 0 Å². The number of aryl methyl sites for hydroxylation is 2. The molecule has 0 saturated carbocycles. The van der Waals surface area contributed by atoms with Crippen LogP contribution in [-0.4, -0.2) is 36.5 Å². The molecule has 1 atom stereocenters. The van der Waals surface area contributed by atoms with E-state index in [0.717, 1.165) is 30.9 Å². The first-order chi connectivity index (χ1) is 8.75. The van der Waals surface area contributed by atoms with E-state index in [-0.39, 0.29) is 5.91 Å². The Morgan fingerprint density at radius 3 is 3.06 bits per heavy atom. The molecule has 1 fully saturated rings. The Morgan fingerprint density at radius 2 is 2.28 bits per heavy atom. The summed E-state index contributed by atoms with van der Waals surface area (Å²) in [4.78, 5) is 17.0. The number of carbonyl (C=O) groups excluding carboxylic acids is 1. The molecule has 98 valence electrons. The summed E-state index contributed by atoms with van der Waals surface area (Å²) in [5, 5.41) is 3.33. The summed E-state index contributed by atoms with van der Waals surface area (Å²) in [5.41, 5.74) is 1.43. The third-order valence-electron chi connectivity index (χ3n) is 3.97. The Labute approximate surface area is 112 Å². The minimum atomic E-state index is 0.239. The van der Waals surface area contributed by atoms with E-state index < -0.39 is 0 Å². The molecule has 18 heavy (non-hydrogen) atoms. The molecule has 1 aromatic heterocycles. The van der Waals surface area contributed by atoms with E-state index >= 15 is 0 Å². The maximum atomic E-state index is 12.5. The number of nitrogens with zero attached hydrogens (tertiary/aromatic N) is 1. The van der Waals surface area contributed by atoms with Gasteiger partial charge >= 0.3 is 0 Å². The number of carbonyl (C=O) groups is 1. The van der Waals surface area contributed by atoms with Gasteiger partial charge < -0.3 is 10.2 Å². The van der Waals surface area contributed by atoms with E-state index in [1.54, 1.807) is 11.3 Å². The number of rotatable bonds is 1. The SMILES string of the molecule is C[C@@H]1CNCCN1C(=O)c1cc2c(s1)CCCC2. The summed E-state index contributed by atoms with van der Waals surface area (Å²) in [6.45, 7) is 4.79. The van der Waals surface area contributed by atoms with Crippen molar-refractivity contribution >= 4 is 17.2 Å². The van der Waals surface area contributed by atoms with Crippen LogP contribution in [0.3, 0.4) is 0 Å². The highest BCUT2D eigenvalue weighted by atomic mass is 32.1. The fraction of sp³-hybridized carbons (Fsp3) is 0.643. The Balaban J connectivity index is 1.81. The molecule has 2 aliphatic rings. The molecular formula is C14H20N2OS. The molecule has 1 saturated heterocycles. The normalized spacial score (nSPS) is 23.8. The highest BCUT2D eigenvalue weighted by Gasteiger charge is 2.26. The molecule has 1 aromatic rings. The van der Waals surface area contributed by atoms with Crippen LogP contribution >= 0.6 is 11.3 Å². The van der Waals surface area contributed by atoms with Gasteiger partial charge in [0.15, 0.2) is 0 Å². The average Bonchev–Trinajstić information content (AvgIpc) is 2.82. The first-order valence-electron chi connectivity index (χ1n) is 6.89. The second-order valence-corrected chi connectivity index (χ2v) is 6.45. The largest absolute Gasteiger partial charge is 0.333 e. The Bertz CT molecular complexity index is 431. The molecule has 0 radical (unpaired) electrons. The fourth-order valence-electron chi connectivity index (χ4n) is 2.88. The molecule has 4 heteroatoms. The van der Waals surface area contributed by atoms with Crippen LogP contribution in [-0.2, 0) is 12.8 Å². The summed E-state index contributed by atoms with van der Waals surface area (Å²) in [6, 6.07) is 2.46. The molecule has 3 rings (SSSR count). The van der Waals surface area contributed by atoms with Gasteiger partial charge in [-0.1, -0.05) is 0 Å². The lowest BCUT2D eigenvalue weighted by molar-refractivity contribution is 0.0661. The summed E-state index contributed by atoms with van der Waals surface area (Å²) < 4.78 is 0. The maximum absolute atomic E-state index is 12.5. The molecule has 0 bridgehead atoms. The molecule has 0 unspecified atom stereocenters. The quantitative estimate of drug-likeness (QED) is 0.842. The lowest BCUT2D eigenvalue weighted by Gasteiger charge is -2.33. The number of nitrogens with one attached hydrogen (secondary N) is 1. The number of thiophene rings is 1. The highest BCUT2D eigenvalue weighted by molar-refractivity contribution is 7.14. The standard InChI is InChI=1S/C14H20N2OS/c1-10-9-15-6-7-16(10)14(17)13-8-11-4-2-3-5-12(11)18-13/h8,10,15H,2-7,9H2,1H3/t10-/m1/s1. The second-order valence-electron chi connectivity index (χ2n) is 5.32. The maximum Gasteiger partial charge on any atom is 0.264 e. The van der Waals surface area contributed by atoms with Crippen molar-refractivity contribution in [1.82, 2.24) is 10.2 Å². The Morgan fingerprint density at radius 1 is 1.44 bits per heavy atom. The molecule has 0 spiro atoms. The average molecular weight is 264 g/mol.